The minimum atomic E-state index is -3.68. The van der Waals surface area contributed by atoms with Crippen molar-refractivity contribution >= 4 is 21.4 Å². The molecule has 22 heavy (non-hydrogen) atoms. The van der Waals surface area contributed by atoms with E-state index in [0.717, 1.165) is 30.6 Å². The van der Waals surface area contributed by atoms with Gasteiger partial charge in [0.1, 0.15) is 5.82 Å². The molecule has 1 N–H and O–H groups in total. The number of sulfonamides is 1. The van der Waals surface area contributed by atoms with Gasteiger partial charge in [0.05, 0.1) is 10.4 Å². The predicted molar refractivity (Wildman–Crippen MR) is 85.9 cm³/mol. The molecule has 0 bridgehead atoms. The Morgan fingerprint density at radius 1 is 1.23 bits per heavy atom. The lowest BCUT2D eigenvalue weighted by atomic mass is 9.97. The lowest BCUT2D eigenvalue weighted by Gasteiger charge is -2.29. The maximum atomic E-state index is 13.4. The van der Waals surface area contributed by atoms with E-state index in [2.05, 4.69) is 4.72 Å². The zero-order valence-corrected chi connectivity index (χ0v) is 13.9. The van der Waals surface area contributed by atoms with Crippen LogP contribution in [0.3, 0.4) is 0 Å². The average Bonchev–Trinajstić information content (AvgIpc) is 3.12. The molecule has 0 unspecified atom stereocenters. The third-order valence-electron chi connectivity index (χ3n) is 4.22. The van der Waals surface area contributed by atoms with E-state index in [0.29, 0.717) is 5.56 Å². The van der Waals surface area contributed by atoms with E-state index in [1.807, 2.05) is 17.5 Å². The molecule has 0 saturated heterocycles. The number of nitrogens with one attached hydrogen (secondary N) is 1. The van der Waals surface area contributed by atoms with Gasteiger partial charge in [0.2, 0.25) is 10.0 Å². The first-order valence-electron chi connectivity index (χ1n) is 7.27. The van der Waals surface area contributed by atoms with Gasteiger partial charge in [-0.05, 0) is 55.0 Å². The molecule has 0 spiro atoms. The van der Waals surface area contributed by atoms with Crippen molar-refractivity contribution in [2.24, 2.45) is 0 Å². The largest absolute Gasteiger partial charge is 0.241 e. The summed E-state index contributed by atoms with van der Waals surface area (Å²) in [6, 6.07) is 7.83. The van der Waals surface area contributed by atoms with E-state index in [4.69, 9.17) is 0 Å². The smallest absolute Gasteiger partial charge is 0.207 e. The molecule has 1 aromatic heterocycles. The molecule has 1 aliphatic rings. The summed E-state index contributed by atoms with van der Waals surface area (Å²) in [5, 5.41) is 1.96. The van der Waals surface area contributed by atoms with Gasteiger partial charge in [0.25, 0.3) is 0 Å². The molecule has 0 amide bonds. The number of halogens is 1. The van der Waals surface area contributed by atoms with Gasteiger partial charge in [-0.25, -0.2) is 12.8 Å². The molecule has 0 radical (unpaired) electrons. The van der Waals surface area contributed by atoms with Crippen molar-refractivity contribution in [1.29, 1.82) is 0 Å². The van der Waals surface area contributed by atoms with Crippen LogP contribution in [0.4, 0.5) is 4.39 Å². The molecule has 1 fully saturated rings. The Hall–Kier alpha value is -1.24. The van der Waals surface area contributed by atoms with Crippen LogP contribution >= 0.6 is 11.3 Å². The summed E-state index contributed by atoms with van der Waals surface area (Å²) in [6.07, 6.45) is 3.60. The van der Waals surface area contributed by atoms with E-state index >= 15 is 0 Å². The Labute approximate surface area is 134 Å². The summed E-state index contributed by atoms with van der Waals surface area (Å²) in [5.41, 5.74) is -0.186. The summed E-state index contributed by atoms with van der Waals surface area (Å²) in [6.45, 7) is 1.57. The number of hydrogen-bond donors (Lipinski definition) is 1. The van der Waals surface area contributed by atoms with Crippen molar-refractivity contribution in [2.45, 2.75) is 43.0 Å². The molecule has 1 heterocycles. The molecule has 6 heteroatoms. The second-order valence-electron chi connectivity index (χ2n) is 5.78. The van der Waals surface area contributed by atoms with Crippen LogP contribution in [0.15, 0.2) is 40.6 Å². The first-order chi connectivity index (χ1) is 10.4. The third-order valence-corrected chi connectivity index (χ3v) is 6.83. The van der Waals surface area contributed by atoms with E-state index < -0.39 is 21.4 Å². The van der Waals surface area contributed by atoms with Crippen LogP contribution < -0.4 is 4.72 Å². The quantitative estimate of drug-likeness (QED) is 0.917. The van der Waals surface area contributed by atoms with Crippen molar-refractivity contribution in [3.8, 4) is 0 Å². The summed E-state index contributed by atoms with van der Waals surface area (Å²) in [5.74, 6) is -0.396. The standard InChI is InChI=1S/C16H18FNO2S2/c1-12-11-13(6-7-14(12)17)22(19,20)18-16(8-2-3-9-16)15-5-4-10-21-15/h4-7,10-11,18H,2-3,8-9H2,1H3. The van der Waals surface area contributed by atoms with E-state index in [1.165, 1.54) is 18.2 Å². The van der Waals surface area contributed by atoms with Crippen molar-refractivity contribution in [2.75, 3.05) is 0 Å². The predicted octanol–water partition coefficient (Wildman–Crippen LogP) is 3.94. The van der Waals surface area contributed by atoms with Gasteiger partial charge in [-0.1, -0.05) is 18.9 Å². The highest BCUT2D eigenvalue weighted by molar-refractivity contribution is 7.89. The fourth-order valence-electron chi connectivity index (χ4n) is 3.03. The minimum Gasteiger partial charge on any atom is -0.207 e. The SMILES string of the molecule is Cc1cc(S(=O)(=O)NC2(c3cccs3)CCCC2)ccc1F. The van der Waals surface area contributed by atoms with Gasteiger partial charge in [-0.15, -0.1) is 11.3 Å². The molecule has 0 aliphatic heterocycles. The van der Waals surface area contributed by atoms with Crippen LogP contribution in [0, 0.1) is 12.7 Å². The van der Waals surface area contributed by atoms with Gasteiger partial charge >= 0.3 is 0 Å². The second-order valence-corrected chi connectivity index (χ2v) is 8.41. The maximum absolute atomic E-state index is 13.4. The van der Waals surface area contributed by atoms with Gasteiger partial charge in [0, 0.05) is 4.88 Å². The highest BCUT2D eigenvalue weighted by Crippen LogP contribution is 2.41. The highest BCUT2D eigenvalue weighted by atomic mass is 32.2. The zero-order chi connectivity index (χ0) is 15.8. The molecule has 2 aromatic rings. The van der Waals surface area contributed by atoms with Gasteiger partial charge < -0.3 is 0 Å². The number of benzene rings is 1. The van der Waals surface area contributed by atoms with Crippen LogP contribution in [-0.4, -0.2) is 8.42 Å². The molecule has 3 rings (SSSR count). The molecule has 3 nitrogen and oxygen atoms in total. The number of aryl methyl sites for hydroxylation is 1. The van der Waals surface area contributed by atoms with Crippen LogP contribution in [0.1, 0.15) is 36.1 Å². The fraction of sp³-hybridized carbons (Fsp3) is 0.375. The Balaban J connectivity index is 1.97. The minimum absolute atomic E-state index is 0.120. The molecular formula is C16H18FNO2S2. The first-order valence-corrected chi connectivity index (χ1v) is 9.63. The highest BCUT2D eigenvalue weighted by Gasteiger charge is 2.40. The molecule has 1 saturated carbocycles. The second kappa shape index (κ2) is 5.76. The topological polar surface area (TPSA) is 46.2 Å². The van der Waals surface area contributed by atoms with E-state index in [-0.39, 0.29) is 4.90 Å². The van der Waals surface area contributed by atoms with Crippen LogP contribution in [0.5, 0.6) is 0 Å². The van der Waals surface area contributed by atoms with Crippen LogP contribution in [0.25, 0.3) is 0 Å². The van der Waals surface area contributed by atoms with Crippen molar-refractivity contribution in [1.82, 2.24) is 4.72 Å². The lowest BCUT2D eigenvalue weighted by molar-refractivity contribution is 0.412. The van der Waals surface area contributed by atoms with Crippen LogP contribution in [0.2, 0.25) is 0 Å². The van der Waals surface area contributed by atoms with Crippen molar-refractivity contribution in [3.05, 3.63) is 52.0 Å². The Morgan fingerprint density at radius 3 is 2.55 bits per heavy atom. The lowest BCUT2D eigenvalue weighted by Crippen LogP contribution is -2.43. The molecule has 1 aromatic carbocycles. The van der Waals surface area contributed by atoms with Gasteiger partial charge in [-0.3, -0.25) is 0 Å². The molecule has 118 valence electrons. The number of thiophene rings is 1. The maximum Gasteiger partial charge on any atom is 0.241 e. The molecule has 1 aliphatic carbocycles. The van der Waals surface area contributed by atoms with E-state index in [1.54, 1.807) is 18.3 Å². The van der Waals surface area contributed by atoms with E-state index in [9.17, 15) is 12.8 Å². The van der Waals surface area contributed by atoms with Gasteiger partial charge in [-0.2, -0.15) is 4.72 Å². The summed E-state index contributed by atoms with van der Waals surface area (Å²) >= 11 is 1.57. The summed E-state index contributed by atoms with van der Waals surface area (Å²) in [4.78, 5) is 1.17. The van der Waals surface area contributed by atoms with Gasteiger partial charge in [0.15, 0.2) is 0 Å². The van der Waals surface area contributed by atoms with Crippen LogP contribution in [-0.2, 0) is 15.6 Å². The Kier molecular flexibility index (Phi) is 4.09. The normalized spacial score (nSPS) is 17.7. The third kappa shape index (κ3) is 2.83. The molecular weight excluding hydrogens is 321 g/mol. The summed E-state index contributed by atoms with van der Waals surface area (Å²) < 4.78 is 41.7. The number of rotatable bonds is 4. The first kappa shape index (κ1) is 15.6. The summed E-state index contributed by atoms with van der Waals surface area (Å²) in [7, 11) is -3.68. The number of hydrogen-bond acceptors (Lipinski definition) is 3. The van der Waals surface area contributed by atoms with Crippen molar-refractivity contribution in [3.63, 3.8) is 0 Å². The monoisotopic (exact) mass is 339 g/mol. The zero-order valence-electron chi connectivity index (χ0n) is 12.3. The average molecular weight is 339 g/mol. The van der Waals surface area contributed by atoms with Crippen molar-refractivity contribution < 1.29 is 12.8 Å². The molecule has 0 atom stereocenters. The Morgan fingerprint density at radius 2 is 1.95 bits per heavy atom. The fourth-order valence-corrected chi connectivity index (χ4v) is 5.56. The Bertz CT molecular complexity index is 763.